The van der Waals surface area contributed by atoms with Crippen LogP contribution in [0.4, 0.5) is 9.18 Å². The van der Waals surface area contributed by atoms with Gasteiger partial charge in [-0.05, 0) is 51.8 Å². The molecule has 2 rings (SSSR count). The third-order valence-corrected chi connectivity index (χ3v) is 3.71. The van der Waals surface area contributed by atoms with Crippen molar-refractivity contribution in [2.75, 3.05) is 0 Å². The monoisotopic (exact) mass is 343 g/mol. The summed E-state index contributed by atoms with van der Waals surface area (Å²) in [4.78, 5) is 13.8. The number of ether oxygens (including phenoxy) is 1. The molecule has 0 saturated heterocycles. The minimum Gasteiger partial charge on any atom is -0.444 e. The van der Waals surface area contributed by atoms with Crippen molar-refractivity contribution >= 4 is 22.0 Å². The third-order valence-electron chi connectivity index (χ3n) is 3.26. The molecule has 3 nitrogen and oxygen atoms in total. The minimum atomic E-state index is -0.546. The molecule has 1 aliphatic heterocycles. The van der Waals surface area contributed by atoms with Crippen molar-refractivity contribution < 1.29 is 13.9 Å². The summed E-state index contributed by atoms with van der Waals surface area (Å²) < 4.78 is 20.1. The molecule has 0 aliphatic carbocycles. The number of carbonyl (C=O) groups is 1. The highest BCUT2D eigenvalue weighted by atomic mass is 79.9. The van der Waals surface area contributed by atoms with Crippen molar-refractivity contribution in [3.63, 3.8) is 0 Å². The van der Waals surface area contributed by atoms with Gasteiger partial charge in [-0.15, -0.1) is 0 Å². The number of amides is 1. The van der Waals surface area contributed by atoms with Gasteiger partial charge in [-0.3, -0.25) is 0 Å². The number of benzene rings is 1. The summed E-state index contributed by atoms with van der Waals surface area (Å²) in [6, 6.07) is 3.34. The fourth-order valence-corrected chi connectivity index (χ4v) is 2.81. The van der Waals surface area contributed by atoms with Crippen LogP contribution in [0.15, 0.2) is 16.6 Å². The molecule has 1 aromatic rings. The van der Waals surface area contributed by atoms with Crippen LogP contribution in [-0.2, 0) is 17.7 Å². The van der Waals surface area contributed by atoms with Crippen LogP contribution < -0.4 is 0 Å². The van der Waals surface area contributed by atoms with Gasteiger partial charge in [-0.25, -0.2) is 9.18 Å². The zero-order valence-electron chi connectivity index (χ0n) is 12.2. The van der Waals surface area contributed by atoms with Gasteiger partial charge in [0, 0.05) is 16.1 Å². The molecule has 0 saturated carbocycles. The quantitative estimate of drug-likeness (QED) is 0.703. The standard InChI is InChI=1S/C15H19BrFNO2/c1-9-5-10-6-11(16)7-13(17)12(10)8-18(9)14(19)20-15(2,3)4/h6-7,9H,5,8H2,1-4H3. The molecule has 1 aliphatic rings. The van der Waals surface area contributed by atoms with Crippen molar-refractivity contribution in [1.82, 2.24) is 4.90 Å². The lowest BCUT2D eigenvalue weighted by Gasteiger charge is -2.36. The Kier molecular flexibility index (Phi) is 4.09. The highest BCUT2D eigenvalue weighted by Gasteiger charge is 2.31. The summed E-state index contributed by atoms with van der Waals surface area (Å²) in [5.74, 6) is -0.283. The molecule has 0 radical (unpaired) electrons. The van der Waals surface area contributed by atoms with E-state index in [0.717, 1.165) is 10.0 Å². The Morgan fingerprint density at radius 3 is 2.70 bits per heavy atom. The fraction of sp³-hybridized carbons (Fsp3) is 0.533. The van der Waals surface area contributed by atoms with Gasteiger partial charge in [-0.2, -0.15) is 0 Å². The lowest BCUT2D eigenvalue weighted by molar-refractivity contribution is 0.0135. The van der Waals surface area contributed by atoms with Crippen molar-refractivity contribution in [2.45, 2.75) is 52.3 Å². The molecule has 5 heteroatoms. The summed E-state index contributed by atoms with van der Waals surface area (Å²) >= 11 is 3.30. The Bertz CT molecular complexity index is 539. The number of hydrogen-bond donors (Lipinski definition) is 0. The second kappa shape index (κ2) is 5.35. The molecular weight excluding hydrogens is 325 g/mol. The number of carbonyl (C=O) groups excluding carboxylic acids is 1. The van der Waals surface area contributed by atoms with Gasteiger partial charge in [0.05, 0.1) is 6.54 Å². The van der Waals surface area contributed by atoms with Gasteiger partial charge in [0.2, 0.25) is 0 Å². The molecule has 1 atom stereocenters. The summed E-state index contributed by atoms with van der Waals surface area (Å²) in [6.45, 7) is 7.68. The van der Waals surface area contributed by atoms with Gasteiger partial charge in [0.15, 0.2) is 0 Å². The lowest BCUT2D eigenvalue weighted by Crippen LogP contribution is -2.45. The van der Waals surface area contributed by atoms with E-state index in [0.29, 0.717) is 12.0 Å². The molecule has 0 spiro atoms. The summed E-state index contributed by atoms with van der Waals surface area (Å²) in [5.41, 5.74) is 0.983. The SMILES string of the molecule is CC1Cc2cc(Br)cc(F)c2CN1C(=O)OC(C)(C)C. The first-order chi connectivity index (χ1) is 9.17. The minimum absolute atomic E-state index is 0.00829. The van der Waals surface area contributed by atoms with Gasteiger partial charge >= 0.3 is 6.09 Å². The lowest BCUT2D eigenvalue weighted by atomic mass is 9.95. The van der Waals surface area contributed by atoms with E-state index in [1.165, 1.54) is 6.07 Å². The molecule has 1 heterocycles. The van der Waals surface area contributed by atoms with Crippen molar-refractivity contribution in [3.05, 3.63) is 33.5 Å². The van der Waals surface area contributed by atoms with E-state index in [1.807, 2.05) is 33.8 Å². The number of fused-ring (bicyclic) bond motifs is 1. The molecule has 0 N–H and O–H groups in total. The summed E-state index contributed by atoms with van der Waals surface area (Å²) in [7, 11) is 0. The van der Waals surface area contributed by atoms with Crippen LogP contribution in [0.3, 0.4) is 0 Å². The number of nitrogens with zero attached hydrogens (tertiary/aromatic N) is 1. The van der Waals surface area contributed by atoms with E-state index in [2.05, 4.69) is 15.9 Å². The van der Waals surface area contributed by atoms with Crippen LogP contribution in [-0.4, -0.2) is 22.6 Å². The maximum Gasteiger partial charge on any atom is 0.410 e. The number of hydrogen-bond acceptors (Lipinski definition) is 2. The van der Waals surface area contributed by atoms with Crippen LogP contribution in [0.2, 0.25) is 0 Å². The Morgan fingerprint density at radius 1 is 1.45 bits per heavy atom. The number of rotatable bonds is 0. The maximum atomic E-state index is 14.0. The van der Waals surface area contributed by atoms with E-state index >= 15 is 0 Å². The molecule has 1 unspecified atom stereocenters. The Morgan fingerprint density at radius 2 is 2.10 bits per heavy atom. The highest BCUT2D eigenvalue weighted by molar-refractivity contribution is 9.10. The summed E-state index contributed by atoms with van der Waals surface area (Å²) in [6.07, 6.45) is 0.239. The highest BCUT2D eigenvalue weighted by Crippen LogP contribution is 2.29. The molecule has 1 amide bonds. The third kappa shape index (κ3) is 3.32. The molecular formula is C15H19BrFNO2. The van der Waals surface area contributed by atoms with Gasteiger partial charge in [0.1, 0.15) is 11.4 Å². The topological polar surface area (TPSA) is 29.5 Å². The van der Waals surface area contributed by atoms with E-state index < -0.39 is 11.7 Å². The zero-order valence-corrected chi connectivity index (χ0v) is 13.8. The van der Waals surface area contributed by atoms with E-state index in [1.54, 1.807) is 4.90 Å². The predicted molar refractivity (Wildman–Crippen MR) is 79.0 cm³/mol. The Balaban J connectivity index is 2.25. The van der Waals surface area contributed by atoms with Crippen LogP contribution in [0.5, 0.6) is 0 Å². The van der Waals surface area contributed by atoms with E-state index in [-0.39, 0.29) is 18.4 Å². The molecule has 1 aromatic carbocycles. The van der Waals surface area contributed by atoms with Gasteiger partial charge in [0.25, 0.3) is 0 Å². The Labute approximate surface area is 127 Å². The predicted octanol–water partition coefficient (Wildman–Crippen LogP) is 4.27. The van der Waals surface area contributed by atoms with Crippen LogP contribution in [0, 0.1) is 5.82 Å². The fourth-order valence-electron chi connectivity index (χ4n) is 2.34. The second-order valence-electron chi connectivity index (χ2n) is 6.19. The average Bonchev–Trinajstić information content (AvgIpc) is 2.24. The maximum absolute atomic E-state index is 14.0. The van der Waals surface area contributed by atoms with E-state index in [9.17, 15) is 9.18 Å². The molecule has 0 bridgehead atoms. The first-order valence-electron chi connectivity index (χ1n) is 6.64. The van der Waals surface area contributed by atoms with Crippen LogP contribution in [0.25, 0.3) is 0 Å². The first kappa shape index (κ1) is 15.3. The van der Waals surface area contributed by atoms with Gasteiger partial charge in [-0.1, -0.05) is 15.9 Å². The normalized spacial score (nSPS) is 18.7. The molecule has 0 aromatic heterocycles. The van der Waals surface area contributed by atoms with Gasteiger partial charge < -0.3 is 9.64 Å². The summed E-state index contributed by atoms with van der Waals surface area (Å²) in [5, 5.41) is 0. The molecule has 110 valence electrons. The second-order valence-corrected chi connectivity index (χ2v) is 7.10. The smallest absolute Gasteiger partial charge is 0.410 e. The molecule has 20 heavy (non-hydrogen) atoms. The van der Waals surface area contributed by atoms with E-state index in [4.69, 9.17) is 4.74 Å². The van der Waals surface area contributed by atoms with Crippen molar-refractivity contribution in [3.8, 4) is 0 Å². The zero-order chi connectivity index (χ0) is 15.1. The first-order valence-corrected chi connectivity index (χ1v) is 7.43. The Hall–Kier alpha value is -1.10. The number of halogens is 2. The largest absolute Gasteiger partial charge is 0.444 e. The molecule has 0 fully saturated rings. The van der Waals surface area contributed by atoms with Crippen molar-refractivity contribution in [2.24, 2.45) is 0 Å². The average molecular weight is 344 g/mol. The van der Waals surface area contributed by atoms with Crippen LogP contribution in [0.1, 0.15) is 38.8 Å². The van der Waals surface area contributed by atoms with Crippen LogP contribution >= 0.6 is 15.9 Å². The van der Waals surface area contributed by atoms with Crippen molar-refractivity contribution in [1.29, 1.82) is 0 Å².